The van der Waals surface area contributed by atoms with Crippen molar-refractivity contribution in [3.05, 3.63) is 53.5 Å². The van der Waals surface area contributed by atoms with E-state index in [2.05, 4.69) is 21.7 Å². The van der Waals surface area contributed by atoms with Crippen LogP contribution in [-0.4, -0.2) is 76.0 Å². The summed E-state index contributed by atoms with van der Waals surface area (Å²) in [6.07, 6.45) is 3.85. The molecule has 2 atom stereocenters. The van der Waals surface area contributed by atoms with Crippen LogP contribution in [0, 0.1) is 12.7 Å². The standard InChI is InChI=1S/C29H31ClFN7O2/c1-5-23(39)37-13-18(4)38(14-17(37)3)28-19-11-21(30)25(24-16(2)7-8-22-20(24)12-32-35-22)26(31)27(19)33-29(34-28)36-9-6-10-40-15-36/h5,7-8,11-12,17-18H,1,6,9-10,13-15H2,2-4H3,(H,32,35)/t17-,18+/m1/s1. The van der Waals surface area contributed by atoms with Crippen molar-refractivity contribution in [2.24, 2.45) is 0 Å². The van der Waals surface area contributed by atoms with Crippen LogP contribution >= 0.6 is 11.6 Å². The predicted molar refractivity (Wildman–Crippen MR) is 155 cm³/mol. The first-order valence-electron chi connectivity index (χ1n) is 13.4. The van der Waals surface area contributed by atoms with Gasteiger partial charge >= 0.3 is 0 Å². The molecule has 208 valence electrons. The van der Waals surface area contributed by atoms with Crippen molar-refractivity contribution in [2.75, 3.05) is 42.8 Å². The van der Waals surface area contributed by atoms with Crippen LogP contribution in [0.3, 0.4) is 0 Å². The molecule has 0 spiro atoms. The number of amides is 1. The lowest BCUT2D eigenvalue weighted by Crippen LogP contribution is -2.58. The van der Waals surface area contributed by atoms with Crippen LogP contribution < -0.4 is 9.80 Å². The largest absolute Gasteiger partial charge is 0.361 e. The number of halogens is 2. The Bertz CT molecular complexity index is 1630. The first-order chi connectivity index (χ1) is 19.3. The SMILES string of the molecule is C=CC(=O)N1C[C@H](C)N(c2nc(N3CCCOC3)nc3c(F)c(-c4c(C)ccc5[nH]ncc45)c(Cl)cc23)C[C@H]1C. The number of carbonyl (C=O) groups is 1. The van der Waals surface area contributed by atoms with Gasteiger partial charge in [-0.05, 0) is 51.0 Å². The van der Waals surface area contributed by atoms with Crippen molar-refractivity contribution in [3.8, 4) is 11.1 Å². The maximum absolute atomic E-state index is 16.8. The predicted octanol–water partition coefficient (Wildman–Crippen LogP) is 5.07. The summed E-state index contributed by atoms with van der Waals surface area (Å²) < 4.78 is 22.5. The third-order valence-electron chi connectivity index (χ3n) is 7.90. The molecule has 6 rings (SSSR count). The number of ether oxygens (including phenoxy) is 1. The van der Waals surface area contributed by atoms with Gasteiger partial charge in [-0.15, -0.1) is 0 Å². The number of hydrogen-bond donors (Lipinski definition) is 1. The summed E-state index contributed by atoms with van der Waals surface area (Å²) in [5.74, 6) is 0.363. The molecule has 2 aliphatic heterocycles. The third kappa shape index (κ3) is 4.35. The molecule has 4 aromatic rings. The van der Waals surface area contributed by atoms with Gasteiger partial charge in [-0.25, -0.2) is 9.37 Å². The number of hydrogen-bond acceptors (Lipinski definition) is 7. The van der Waals surface area contributed by atoms with Gasteiger partial charge in [0, 0.05) is 53.6 Å². The maximum atomic E-state index is 16.8. The van der Waals surface area contributed by atoms with Gasteiger partial charge in [0.05, 0.1) is 23.3 Å². The molecule has 0 saturated carbocycles. The zero-order valence-corrected chi connectivity index (χ0v) is 23.5. The number of fused-ring (bicyclic) bond motifs is 2. The van der Waals surface area contributed by atoms with Crippen LogP contribution in [-0.2, 0) is 9.53 Å². The first-order valence-corrected chi connectivity index (χ1v) is 13.8. The molecular weight excluding hydrogens is 533 g/mol. The maximum Gasteiger partial charge on any atom is 0.246 e. The van der Waals surface area contributed by atoms with Crippen LogP contribution in [0.4, 0.5) is 16.2 Å². The quantitative estimate of drug-likeness (QED) is 0.347. The Morgan fingerprint density at radius 3 is 2.77 bits per heavy atom. The van der Waals surface area contributed by atoms with Crippen LogP contribution in [0.1, 0.15) is 25.8 Å². The monoisotopic (exact) mass is 563 g/mol. The van der Waals surface area contributed by atoms with Gasteiger partial charge < -0.3 is 19.4 Å². The summed E-state index contributed by atoms with van der Waals surface area (Å²) in [6.45, 7) is 12.3. The lowest BCUT2D eigenvalue weighted by molar-refractivity contribution is -0.128. The number of aryl methyl sites for hydroxylation is 1. The number of anilines is 2. The minimum Gasteiger partial charge on any atom is -0.361 e. The van der Waals surface area contributed by atoms with Crippen molar-refractivity contribution in [1.29, 1.82) is 0 Å². The molecule has 1 N–H and O–H groups in total. The van der Waals surface area contributed by atoms with E-state index in [1.165, 1.54) is 6.08 Å². The van der Waals surface area contributed by atoms with Crippen molar-refractivity contribution in [3.63, 3.8) is 0 Å². The normalized spacial score (nSPS) is 20.0. The van der Waals surface area contributed by atoms with Crippen molar-refractivity contribution < 1.29 is 13.9 Å². The number of aromatic amines is 1. The Kier molecular flexibility index (Phi) is 6.83. The molecule has 0 aliphatic carbocycles. The van der Waals surface area contributed by atoms with Gasteiger partial charge in [-0.1, -0.05) is 24.2 Å². The summed E-state index contributed by atoms with van der Waals surface area (Å²) in [5.41, 5.74) is 2.82. The van der Waals surface area contributed by atoms with E-state index >= 15 is 4.39 Å². The number of carbonyl (C=O) groups excluding carboxylic acids is 1. The fourth-order valence-electron chi connectivity index (χ4n) is 5.82. The molecule has 0 bridgehead atoms. The van der Waals surface area contributed by atoms with E-state index in [1.807, 2.05) is 37.8 Å². The van der Waals surface area contributed by atoms with Gasteiger partial charge in [0.25, 0.3) is 0 Å². The van der Waals surface area contributed by atoms with E-state index in [0.29, 0.717) is 55.7 Å². The number of H-pyrrole nitrogens is 1. The van der Waals surface area contributed by atoms with Crippen molar-refractivity contribution >= 4 is 51.1 Å². The minimum atomic E-state index is -0.511. The second-order valence-corrected chi connectivity index (χ2v) is 11.0. The minimum absolute atomic E-state index is 0.0907. The second kappa shape index (κ2) is 10.3. The number of piperazine rings is 1. The third-order valence-corrected chi connectivity index (χ3v) is 8.19. The summed E-state index contributed by atoms with van der Waals surface area (Å²) >= 11 is 6.89. The first kappa shape index (κ1) is 26.5. The number of benzene rings is 2. The number of nitrogens with zero attached hydrogens (tertiary/aromatic N) is 6. The van der Waals surface area contributed by atoms with Crippen molar-refractivity contribution in [2.45, 2.75) is 39.3 Å². The molecule has 2 aromatic carbocycles. The highest BCUT2D eigenvalue weighted by Crippen LogP contribution is 2.43. The van der Waals surface area contributed by atoms with Crippen molar-refractivity contribution in [1.82, 2.24) is 25.1 Å². The summed E-state index contributed by atoms with van der Waals surface area (Å²) in [4.78, 5) is 28.0. The Morgan fingerprint density at radius 2 is 2.02 bits per heavy atom. The number of rotatable bonds is 4. The van der Waals surface area contributed by atoms with Gasteiger partial charge in [0.2, 0.25) is 11.9 Å². The smallest absolute Gasteiger partial charge is 0.246 e. The van der Waals surface area contributed by atoms with E-state index in [0.717, 1.165) is 22.9 Å². The molecule has 0 radical (unpaired) electrons. The molecular formula is C29H31ClFN7O2. The summed E-state index contributed by atoms with van der Waals surface area (Å²) in [6, 6.07) is 5.41. The van der Waals surface area contributed by atoms with Gasteiger partial charge in [0.1, 0.15) is 18.1 Å². The lowest BCUT2D eigenvalue weighted by Gasteiger charge is -2.44. The van der Waals surface area contributed by atoms with E-state index in [1.54, 1.807) is 17.2 Å². The molecule has 2 saturated heterocycles. The zero-order chi connectivity index (χ0) is 28.1. The van der Waals surface area contributed by atoms with E-state index < -0.39 is 5.82 Å². The average molecular weight is 564 g/mol. The second-order valence-electron chi connectivity index (χ2n) is 10.6. The fraction of sp³-hybridized carbons (Fsp3) is 0.379. The Morgan fingerprint density at radius 1 is 1.20 bits per heavy atom. The molecule has 0 unspecified atom stereocenters. The Balaban J connectivity index is 1.56. The molecule has 2 fully saturated rings. The fourth-order valence-corrected chi connectivity index (χ4v) is 6.10. The van der Waals surface area contributed by atoms with Crippen LogP contribution in [0.25, 0.3) is 32.9 Å². The molecule has 40 heavy (non-hydrogen) atoms. The highest BCUT2D eigenvalue weighted by Gasteiger charge is 2.34. The zero-order valence-electron chi connectivity index (χ0n) is 22.7. The van der Waals surface area contributed by atoms with E-state index in [4.69, 9.17) is 26.3 Å². The number of aromatic nitrogens is 4. The lowest BCUT2D eigenvalue weighted by atomic mass is 9.95. The van der Waals surface area contributed by atoms with Gasteiger partial charge in [-0.2, -0.15) is 10.1 Å². The number of nitrogens with one attached hydrogen (secondary N) is 1. The Labute approximate surface area is 236 Å². The molecule has 11 heteroatoms. The van der Waals surface area contributed by atoms with Crippen LogP contribution in [0.2, 0.25) is 5.02 Å². The highest BCUT2D eigenvalue weighted by molar-refractivity contribution is 6.35. The summed E-state index contributed by atoms with van der Waals surface area (Å²) in [5, 5.41) is 8.69. The average Bonchev–Trinajstić information content (AvgIpc) is 3.44. The van der Waals surface area contributed by atoms with Gasteiger partial charge in [-0.3, -0.25) is 9.89 Å². The molecule has 4 heterocycles. The highest BCUT2D eigenvalue weighted by atomic mass is 35.5. The molecule has 2 aromatic heterocycles. The van der Waals surface area contributed by atoms with Crippen LogP contribution in [0.5, 0.6) is 0 Å². The molecule has 1 amide bonds. The molecule has 2 aliphatic rings. The Hall–Kier alpha value is -3.76. The van der Waals surface area contributed by atoms with Gasteiger partial charge in [0.15, 0.2) is 5.82 Å². The topological polar surface area (TPSA) is 90.5 Å². The van der Waals surface area contributed by atoms with Crippen LogP contribution in [0.15, 0.2) is 37.1 Å². The van der Waals surface area contributed by atoms with E-state index in [-0.39, 0.29) is 34.1 Å². The van der Waals surface area contributed by atoms with E-state index in [9.17, 15) is 4.79 Å². The summed E-state index contributed by atoms with van der Waals surface area (Å²) in [7, 11) is 0. The molecule has 9 nitrogen and oxygen atoms in total.